The predicted molar refractivity (Wildman–Crippen MR) is 71.2 cm³/mol. The first kappa shape index (κ1) is 11.8. The quantitative estimate of drug-likeness (QED) is 0.798. The van der Waals surface area contributed by atoms with Crippen LogP contribution in [0.1, 0.15) is 6.42 Å². The Morgan fingerprint density at radius 3 is 2.88 bits per heavy atom. The van der Waals surface area contributed by atoms with Crippen molar-refractivity contribution in [1.82, 2.24) is 15.1 Å². The Morgan fingerprint density at radius 2 is 2.06 bits per heavy atom. The van der Waals surface area contributed by atoms with Crippen LogP contribution in [0.2, 0.25) is 0 Å². The van der Waals surface area contributed by atoms with Crippen molar-refractivity contribution in [2.24, 2.45) is 0 Å². The highest BCUT2D eigenvalue weighted by atomic mass is 15.1. The number of anilines is 1. The van der Waals surface area contributed by atoms with Crippen molar-refractivity contribution in [3.8, 4) is 0 Å². The topological polar surface area (TPSA) is 41.0 Å². The van der Waals surface area contributed by atoms with E-state index >= 15 is 0 Å². The second kappa shape index (κ2) is 5.59. The molecule has 0 amide bonds. The Labute approximate surface area is 102 Å². The molecule has 90 valence electrons. The Hall–Kier alpha value is -1.68. The summed E-state index contributed by atoms with van der Waals surface area (Å²) in [5, 5.41) is 12.6. The number of aromatic nitrogens is 2. The molecule has 1 N–H and O–H groups in total. The fraction of sp³-hybridized carbons (Fsp3) is 0.385. The third-order valence-electron chi connectivity index (χ3n) is 2.64. The number of nitrogens with zero attached hydrogens (tertiary/aromatic N) is 3. The third kappa shape index (κ3) is 3.14. The van der Waals surface area contributed by atoms with E-state index < -0.39 is 0 Å². The molecule has 0 aliphatic heterocycles. The number of fused-ring (bicyclic) bond motifs is 1. The van der Waals surface area contributed by atoms with E-state index in [1.807, 2.05) is 18.2 Å². The van der Waals surface area contributed by atoms with E-state index in [0.29, 0.717) is 0 Å². The lowest BCUT2D eigenvalue weighted by Gasteiger charge is -2.11. The maximum atomic E-state index is 4.10. The normalized spacial score (nSPS) is 11.0. The minimum absolute atomic E-state index is 0.935. The molecule has 0 saturated carbocycles. The highest BCUT2D eigenvalue weighted by molar-refractivity contribution is 5.90. The van der Waals surface area contributed by atoms with Gasteiger partial charge in [-0.1, -0.05) is 18.2 Å². The summed E-state index contributed by atoms with van der Waals surface area (Å²) in [5.74, 6) is 0. The van der Waals surface area contributed by atoms with E-state index in [-0.39, 0.29) is 0 Å². The summed E-state index contributed by atoms with van der Waals surface area (Å²) < 4.78 is 0. The molecule has 2 aromatic rings. The monoisotopic (exact) mass is 230 g/mol. The lowest BCUT2D eigenvalue weighted by atomic mass is 10.2. The molecule has 0 atom stereocenters. The average molecular weight is 230 g/mol. The molecule has 1 aromatic carbocycles. The van der Waals surface area contributed by atoms with Crippen LogP contribution in [0.5, 0.6) is 0 Å². The fourth-order valence-corrected chi connectivity index (χ4v) is 1.77. The first-order valence-corrected chi connectivity index (χ1v) is 5.86. The van der Waals surface area contributed by atoms with E-state index in [1.54, 1.807) is 6.20 Å². The predicted octanol–water partition coefficient (Wildman–Crippen LogP) is 1.99. The van der Waals surface area contributed by atoms with Crippen molar-refractivity contribution in [2.75, 3.05) is 32.5 Å². The smallest absolute Gasteiger partial charge is 0.0950 e. The molecule has 4 heteroatoms. The molecule has 0 fully saturated rings. The summed E-state index contributed by atoms with van der Waals surface area (Å²) in [6.45, 7) is 2.04. The number of hydrogen-bond donors (Lipinski definition) is 1. The molecule has 17 heavy (non-hydrogen) atoms. The summed E-state index contributed by atoms with van der Waals surface area (Å²) in [7, 11) is 4.17. The molecule has 1 heterocycles. The van der Waals surface area contributed by atoms with Crippen LogP contribution in [0, 0.1) is 0 Å². The molecule has 0 aliphatic carbocycles. The van der Waals surface area contributed by atoms with Gasteiger partial charge >= 0.3 is 0 Å². The van der Waals surface area contributed by atoms with E-state index in [1.165, 1.54) is 0 Å². The van der Waals surface area contributed by atoms with E-state index in [4.69, 9.17) is 0 Å². The Balaban J connectivity index is 2.03. The van der Waals surface area contributed by atoms with Crippen molar-refractivity contribution in [3.05, 3.63) is 30.5 Å². The molecular formula is C13H18N4. The lowest BCUT2D eigenvalue weighted by molar-refractivity contribution is 0.405. The van der Waals surface area contributed by atoms with Crippen molar-refractivity contribution >= 4 is 16.6 Å². The Bertz CT molecular complexity index is 476. The first-order chi connectivity index (χ1) is 8.27. The summed E-state index contributed by atoms with van der Waals surface area (Å²) >= 11 is 0. The van der Waals surface area contributed by atoms with Gasteiger partial charge in [-0.05, 0) is 33.1 Å². The molecule has 0 radical (unpaired) electrons. The minimum Gasteiger partial charge on any atom is -0.383 e. The largest absolute Gasteiger partial charge is 0.383 e. The number of benzene rings is 1. The van der Waals surface area contributed by atoms with Gasteiger partial charge in [-0.25, -0.2) is 0 Å². The van der Waals surface area contributed by atoms with Crippen LogP contribution in [-0.4, -0.2) is 42.3 Å². The zero-order valence-electron chi connectivity index (χ0n) is 10.3. The summed E-state index contributed by atoms with van der Waals surface area (Å²) in [6.07, 6.45) is 2.90. The lowest BCUT2D eigenvalue weighted by Crippen LogP contribution is -2.16. The van der Waals surface area contributed by atoms with Gasteiger partial charge in [0.1, 0.15) is 0 Å². The van der Waals surface area contributed by atoms with E-state index in [0.717, 1.165) is 36.1 Å². The van der Waals surface area contributed by atoms with Crippen molar-refractivity contribution < 1.29 is 0 Å². The van der Waals surface area contributed by atoms with Gasteiger partial charge in [0.25, 0.3) is 0 Å². The molecule has 0 spiro atoms. The maximum Gasteiger partial charge on any atom is 0.0950 e. The molecule has 0 unspecified atom stereocenters. The second-order valence-corrected chi connectivity index (χ2v) is 4.36. The molecule has 2 rings (SSSR count). The minimum atomic E-state index is 0.935. The molecule has 1 aromatic heterocycles. The van der Waals surface area contributed by atoms with Crippen LogP contribution in [0.25, 0.3) is 10.9 Å². The highest BCUT2D eigenvalue weighted by Gasteiger charge is 2.01. The third-order valence-corrected chi connectivity index (χ3v) is 2.64. The molecule has 0 aliphatic rings. The highest BCUT2D eigenvalue weighted by Crippen LogP contribution is 2.19. The van der Waals surface area contributed by atoms with Gasteiger partial charge in [0.2, 0.25) is 0 Å². The fourth-order valence-electron chi connectivity index (χ4n) is 1.77. The first-order valence-electron chi connectivity index (χ1n) is 5.86. The van der Waals surface area contributed by atoms with Crippen LogP contribution in [0.4, 0.5) is 5.69 Å². The van der Waals surface area contributed by atoms with Crippen LogP contribution in [0.3, 0.4) is 0 Å². The standard InChI is InChI=1S/C13H18N4/c1-17(2)9-5-8-14-13-10-15-16-12-7-4-3-6-11(12)13/h3-4,6-7,10H,5,8-9H2,1-2H3,(H,14,16). The second-order valence-electron chi connectivity index (χ2n) is 4.36. The Kier molecular flexibility index (Phi) is 3.88. The number of hydrogen-bond acceptors (Lipinski definition) is 4. The zero-order chi connectivity index (χ0) is 12.1. The van der Waals surface area contributed by atoms with E-state index in [2.05, 4.69) is 40.6 Å². The summed E-state index contributed by atoms with van der Waals surface area (Å²) in [6, 6.07) is 8.05. The summed E-state index contributed by atoms with van der Waals surface area (Å²) in [5.41, 5.74) is 2.00. The molecule has 0 saturated heterocycles. The van der Waals surface area contributed by atoms with Gasteiger partial charge in [0.15, 0.2) is 0 Å². The van der Waals surface area contributed by atoms with Crippen molar-refractivity contribution in [2.45, 2.75) is 6.42 Å². The summed E-state index contributed by atoms with van der Waals surface area (Å²) in [4.78, 5) is 2.19. The van der Waals surface area contributed by atoms with E-state index in [9.17, 15) is 0 Å². The van der Waals surface area contributed by atoms with Gasteiger partial charge in [0, 0.05) is 11.9 Å². The van der Waals surface area contributed by atoms with Gasteiger partial charge < -0.3 is 10.2 Å². The number of rotatable bonds is 5. The van der Waals surface area contributed by atoms with Crippen molar-refractivity contribution in [1.29, 1.82) is 0 Å². The maximum absolute atomic E-state index is 4.10. The average Bonchev–Trinajstić information content (AvgIpc) is 2.34. The zero-order valence-corrected chi connectivity index (χ0v) is 10.3. The SMILES string of the molecule is CN(C)CCCNc1cnnc2ccccc12. The van der Waals surface area contributed by atoms with Gasteiger partial charge in [-0.15, -0.1) is 0 Å². The molecule has 0 bridgehead atoms. The van der Waals surface area contributed by atoms with Crippen LogP contribution < -0.4 is 5.32 Å². The van der Waals surface area contributed by atoms with Crippen molar-refractivity contribution in [3.63, 3.8) is 0 Å². The molecule has 4 nitrogen and oxygen atoms in total. The van der Waals surface area contributed by atoms with Crippen LogP contribution in [0.15, 0.2) is 30.5 Å². The number of nitrogens with one attached hydrogen (secondary N) is 1. The van der Waals surface area contributed by atoms with Gasteiger partial charge in [0.05, 0.1) is 17.4 Å². The van der Waals surface area contributed by atoms with Gasteiger partial charge in [-0.2, -0.15) is 10.2 Å². The van der Waals surface area contributed by atoms with Gasteiger partial charge in [-0.3, -0.25) is 0 Å². The van der Waals surface area contributed by atoms with Crippen LogP contribution >= 0.6 is 0 Å². The molecular weight excluding hydrogens is 212 g/mol. The van der Waals surface area contributed by atoms with Crippen LogP contribution in [-0.2, 0) is 0 Å². The Morgan fingerprint density at radius 1 is 1.24 bits per heavy atom.